The number of aliphatic hydroxyl groups is 1. The molecule has 34 heavy (non-hydrogen) atoms. The van der Waals surface area contributed by atoms with Gasteiger partial charge in [0, 0.05) is 18.7 Å². The number of aromatic nitrogens is 2. The van der Waals surface area contributed by atoms with Gasteiger partial charge in [0.15, 0.2) is 0 Å². The maximum Gasteiger partial charge on any atom is 0.126 e. The second-order valence-electron chi connectivity index (χ2n) is 11.4. The topological polar surface area (TPSA) is 50.5 Å². The molecular formula is C28H39N3O2Si-. The van der Waals surface area contributed by atoms with E-state index in [4.69, 9.17) is 9.72 Å². The van der Waals surface area contributed by atoms with Crippen molar-refractivity contribution >= 4 is 19.1 Å². The second kappa shape index (κ2) is 9.94. The van der Waals surface area contributed by atoms with Crippen molar-refractivity contribution in [3.05, 3.63) is 66.0 Å². The molecule has 0 aliphatic carbocycles. The van der Waals surface area contributed by atoms with Crippen LogP contribution >= 0.6 is 0 Å². The lowest BCUT2D eigenvalue weighted by atomic mass is 9.83. The molecule has 2 fully saturated rings. The lowest BCUT2D eigenvalue weighted by Gasteiger charge is -2.42. The number of fused-ring (bicyclic) bond motifs is 3. The van der Waals surface area contributed by atoms with Crippen molar-refractivity contribution in [1.82, 2.24) is 14.5 Å². The smallest absolute Gasteiger partial charge is 0.126 e. The first-order valence-electron chi connectivity index (χ1n) is 12.9. The number of ether oxygens (including phenoxy) is 1. The minimum atomic E-state index is -1.12. The van der Waals surface area contributed by atoms with Crippen LogP contribution in [0.2, 0.25) is 25.7 Å². The van der Waals surface area contributed by atoms with Crippen molar-refractivity contribution in [3.8, 4) is 0 Å². The van der Waals surface area contributed by atoms with Gasteiger partial charge in [-0.2, -0.15) is 19.6 Å². The molecule has 5 rings (SSSR count). The number of para-hydroxylation sites is 2. The Balaban J connectivity index is 1.31. The molecule has 1 N–H and O–H groups in total. The number of rotatable bonds is 9. The Morgan fingerprint density at radius 3 is 2.59 bits per heavy atom. The number of hydrogen-bond donors (Lipinski definition) is 1. The van der Waals surface area contributed by atoms with Crippen LogP contribution in [0.3, 0.4) is 0 Å². The Labute approximate surface area is 204 Å². The molecule has 1 aromatic heterocycles. The third-order valence-electron chi connectivity index (χ3n) is 7.76. The standard InChI is InChI=1S/C28H39N3O2Si/c1-34(2,3)16-15-33-20-31-25-12-8-7-11-24(25)29-27(31)19-30-23-13-14-26(30)28(32)22(18-23)17-21-9-5-4-6-10-21/h4-12,22-23,26,28,32H,13-20H2,1-3H3/q-1. The van der Waals surface area contributed by atoms with E-state index in [2.05, 4.69) is 83.7 Å². The molecule has 0 amide bonds. The Bertz CT molecular complexity index is 1090. The molecule has 2 saturated heterocycles. The maximum absolute atomic E-state index is 11.3. The van der Waals surface area contributed by atoms with Crippen molar-refractivity contribution < 1.29 is 9.84 Å². The minimum Gasteiger partial charge on any atom is -0.391 e. The van der Waals surface area contributed by atoms with Crippen molar-refractivity contribution in [2.24, 2.45) is 5.92 Å². The summed E-state index contributed by atoms with van der Waals surface area (Å²) in [5, 5.41) is 11.3. The summed E-state index contributed by atoms with van der Waals surface area (Å²) in [5.74, 6) is 1.39. The molecule has 2 aliphatic heterocycles. The Hall–Kier alpha value is -1.99. The zero-order chi connectivity index (χ0) is 23.7. The van der Waals surface area contributed by atoms with Gasteiger partial charge in [0.25, 0.3) is 0 Å². The van der Waals surface area contributed by atoms with Crippen LogP contribution in [0.25, 0.3) is 11.0 Å². The second-order valence-corrected chi connectivity index (χ2v) is 17.1. The molecule has 4 unspecified atom stereocenters. The minimum absolute atomic E-state index is 0.216. The van der Waals surface area contributed by atoms with Gasteiger partial charge >= 0.3 is 0 Å². The number of nitrogens with zero attached hydrogens (tertiary/aromatic N) is 3. The van der Waals surface area contributed by atoms with Crippen LogP contribution in [-0.2, 0) is 24.4 Å². The highest BCUT2D eigenvalue weighted by molar-refractivity contribution is 6.76. The predicted molar refractivity (Wildman–Crippen MR) is 140 cm³/mol. The van der Waals surface area contributed by atoms with Crippen LogP contribution in [0.15, 0.2) is 54.6 Å². The number of imidazole rings is 1. The highest BCUT2D eigenvalue weighted by Gasteiger charge is 2.46. The van der Waals surface area contributed by atoms with Crippen LogP contribution in [0.5, 0.6) is 0 Å². The summed E-state index contributed by atoms with van der Waals surface area (Å²) < 4.78 is 8.41. The Kier molecular flexibility index (Phi) is 6.94. The molecule has 3 heterocycles. The van der Waals surface area contributed by atoms with Crippen LogP contribution < -0.4 is 0 Å². The van der Waals surface area contributed by atoms with Gasteiger partial charge in [-0.1, -0.05) is 42.5 Å². The van der Waals surface area contributed by atoms with E-state index in [1.165, 1.54) is 18.0 Å². The molecule has 4 atom stereocenters. The molecule has 0 radical (unpaired) electrons. The van der Waals surface area contributed by atoms with E-state index in [-0.39, 0.29) is 12.1 Å². The molecule has 0 spiro atoms. The molecule has 2 aromatic carbocycles. The van der Waals surface area contributed by atoms with Gasteiger partial charge in [-0.15, -0.1) is 14.1 Å². The summed E-state index contributed by atoms with van der Waals surface area (Å²) >= 11 is 0. The molecule has 2 aliphatic rings. The molecule has 2 bridgehead atoms. The predicted octanol–water partition coefficient (Wildman–Crippen LogP) is 5.31. The van der Waals surface area contributed by atoms with Gasteiger partial charge in [0.2, 0.25) is 0 Å². The zero-order valence-electron chi connectivity index (χ0n) is 20.9. The van der Waals surface area contributed by atoms with Gasteiger partial charge in [-0.3, -0.25) is 4.90 Å². The summed E-state index contributed by atoms with van der Waals surface area (Å²) in [4.78, 5) is 7.54. The molecule has 183 valence electrons. The molecule has 3 aromatic rings. The normalized spacial score (nSPS) is 25.3. The van der Waals surface area contributed by atoms with Gasteiger partial charge < -0.3 is 14.4 Å². The summed E-state index contributed by atoms with van der Waals surface area (Å²) in [5.41, 5.74) is 3.49. The van der Waals surface area contributed by atoms with Gasteiger partial charge in [-0.25, -0.2) is 4.98 Å². The van der Waals surface area contributed by atoms with Crippen LogP contribution in [0.4, 0.5) is 0 Å². The molecule has 0 saturated carbocycles. The maximum atomic E-state index is 11.3. The van der Waals surface area contributed by atoms with E-state index in [9.17, 15) is 5.11 Å². The quantitative estimate of drug-likeness (QED) is 0.335. The highest BCUT2D eigenvalue weighted by Crippen LogP contribution is 2.41. The van der Waals surface area contributed by atoms with Crippen molar-refractivity contribution in [3.63, 3.8) is 0 Å². The van der Waals surface area contributed by atoms with Gasteiger partial charge in [-0.05, 0) is 49.3 Å². The number of benzene rings is 2. The largest absolute Gasteiger partial charge is 0.391 e. The van der Waals surface area contributed by atoms with Gasteiger partial charge in [0.1, 0.15) is 12.6 Å². The van der Waals surface area contributed by atoms with Crippen LogP contribution in [0.1, 0.15) is 30.7 Å². The van der Waals surface area contributed by atoms with E-state index in [0.29, 0.717) is 18.7 Å². The Morgan fingerprint density at radius 2 is 1.79 bits per heavy atom. The van der Waals surface area contributed by atoms with E-state index in [1.54, 1.807) is 0 Å². The summed E-state index contributed by atoms with van der Waals surface area (Å²) in [7, 11) is -1.12. The fourth-order valence-corrected chi connectivity index (χ4v) is 6.60. The van der Waals surface area contributed by atoms with Crippen molar-refractivity contribution in [2.75, 3.05) is 6.61 Å². The third kappa shape index (κ3) is 5.15. The molecular weight excluding hydrogens is 438 g/mol. The lowest BCUT2D eigenvalue weighted by molar-refractivity contribution is -0.0340. The summed E-state index contributed by atoms with van der Waals surface area (Å²) in [6.07, 6.45) is 3.97. The van der Waals surface area contributed by atoms with E-state index in [1.807, 2.05) is 0 Å². The SMILES string of the molecule is C[Si-](C)(C)CCOCn1c(CN2C3CCC2C(O)C(Cc2ccccc2)C3)nc2ccccc21. The highest BCUT2D eigenvalue weighted by atomic mass is 28.3. The Morgan fingerprint density at radius 1 is 1.03 bits per heavy atom. The van der Waals surface area contributed by atoms with Crippen molar-refractivity contribution in [2.45, 2.75) is 82.8 Å². The molecule has 5 nitrogen and oxygen atoms in total. The average molecular weight is 478 g/mol. The van der Waals surface area contributed by atoms with Crippen LogP contribution in [0, 0.1) is 5.92 Å². The first-order valence-corrected chi connectivity index (χ1v) is 16.6. The fraction of sp³-hybridized carbons (Fsp3) is 0.536. The van der Waals surface area contributed by atoms with E-state index < -0.39 is 8.07 Å². The third-order valence-corrected chi connectivity index (χ3v) is 9.46. The number of piperidine rings is 1. The number of aliphatic hydroxyl groups excluding tert-OH is 1. The fourth-order valence-electron chi connectivity index (χ4n) is 5.84. The lowest BCUT2D eigenvalue weighted by Crippen LogP contribution is -2.52. The first kappa shape index (κ1) is 23.7. The van der Waals surface area contributed by atoms with Crippen molar-refractivity contribution in [1.29, 1.82) is 0 Å². The first-order chi connectivity index (χ1) is 16.4. The van der Waals surface area contributed by atoms with Gasteiger partial charge in [0.05, 0.1) is 23.7 Å². The average Bonchev–Trinajstić information content (AvgIpc) is 3.31. The zero-order valence-corrected chi connectivity index (χ0v) is 21.9. The van der Waals surface area contributed by atoms with E-state index in [0.717, 1.165) is 49.3 Å². The van der Waals surface area contributed by atoms with E-state index >= 15 is 0 Å². The molecule has 6 heteroatoms. The monoisotopic (exact) mass is 477 g/mol. The summed E-state index contributed by atoms with van der Waals surface area (Å²) in [6, 6.07) is 20.9. The summed E-state index contributed by atoms with van der Waals surface area (Å²) in [6.45, 7) is 9.28. The number of hydrogen-bond acceptors (Lipinski definition) is 4. The van der Waals surface area contributed by atoms with Crippen LogP contribution in [-0.4, -0.2) is 52.4 Å².